The second-order valence-electron chi connectivity index (χ2n) is 2.47. The molecule has 1 heterocycles. The van der Waals surface area contributed by atoms with E-state index in [1.165, 1.54) is 0 Å². The fourth-order valence-electron chi connectivity index (χ4n) is 0.720. The van der Waals surface area contributed by atoms with E-state index in [2.05, 4.69) is 19.2 Å². The van der Waals surface area contributed by atoms with Crippen molar-refractivity contribution in [2.45, 2.75) is 19.9 Å². The maximum atomic E-state index is 4.98. The van der Waals surface area contributed by atoms with Gasteiger partial charge < -0.3 is 4.74 Å². The molecule has 0 aromatic carbocycles. The van der Waals surface area contributed by atoms with Crippen LogP contribution in [-0.2, 0) is 4.74 Å². The number of ether oxygens (including phenoxy) is 1. The second kappa shape index (κ2) is 2.46. The molecular formula is C6H12NO. The molecule has 2 heteroatoms. The minimum atomic E-state index is 0.537. The van der Waals surface area contributed by atoms with Crippen molar-refractivity contribution in [1.29, 1.82) is 0 Å². The van der Waals surface area contributed by atoms with Gasteiger partial charge in [0.25, 0.3) is 0 Å². The first-order valence-electron chi connectivity index (χ1n) is 3.00. The molecule has 47 valence electrons. The fraction of sp³-hybridized carbons (Fsp3) is 0.833. The summed E-state index contributed by atoms with van der Waals surface area (Å²) in [5.74, 6) is 0.675. The standard InChI is InChI=1S/C6H12NO/c1-5(2)6-3-8-4-7-6/h4-7H,3H2,1-2H3/t6-/m0/s1. The lowest BCUT2D eigenvalue weighted by molar-refractivity contribution is 0.236. The van der Waals surface area contributed by atoms with Gasteiger partial charge >= 0.3 is 0 Å². The van der Waals surface area contributed by atoms with E-state index in [0.29, 0.717) is 12.0 Å². The van der Waals surface area contributed by atoms with E-state index >= 15 is 0 Å². The molecule has 0 aromatic heterocycles. The zero-order chi connectivity index (χ0) is 5.98. The first-order valence-corrected chi connectivity index (χ1v) is 3.00. The van der Waals surface area contributed by atoms with Crippen LogP contribution in [0.3, 0.4) is 0 Å². The Balaban J connectivity index is 2.24. The average molecular weight is 114 g/mol. The third-order valence-electron chi connectivity index (χ3n) is 1.45. The van der Waals surface area contributed by atoms with E-state index in [9.17, 15) is 0 Å². The van der Waals surface area contributed by atoms with Gasteiger partial charge in [-0.3, -0.25) is 5.32 Å². The Morgan fingerprint density at radius 1 is 1.75 bits per heavy atom. The molecular weight excluding hydrogens is 102 g/mol. The van der Waals surface area contributed by atoms with E-state index in [-0.39, 0.29) is 0 Å². The van der Waals surface area contributed by atoms with Crippen molar-refractivity contribution in [3.05, 3.63) is 6.73 Å². The molecule has 0 amide bonds. The summed E-state index contributed by atoms with van der Waals surface area (Å²) < 4.78 is 4.98. The van der Waals surface area contributed by atoms with Gasteiger partial charge in [-0.25, -0.2) is 0 Å². The van der Waals surface area contributed by atoms with Gasteiger partial charge in [0.2, 0.25) is 0 Å². The maximum Gasteiger partial charge on any atom is 0.148 e. The first-order chi connectivity index (χ1) is 3.80. The van der Waals surface area contributed by atoms with Gasteiger partial charge in [0.15, 0.2) is 0 Å². The highest BCUT2D eigenvalue weighted by Gasteiger charge is 2.17. The molecule has 0 aromatic rings. The lowest BCUT2D eigenvalue weighted by Gasteiger charge is -2.10. The van der Waals surface area contributed by atoms with Crippen molar-refractivity contribution in [3.8, 4) is 0 Å². The Kier molecular flexibility index (Phi) is 1.86. The zero-order valence-electron chi connectivity index (χ0n) is 5.35. The Hall–Kier alpha value is -0.0800. The summed E-state index contributed by atoms with van der Waals surface area (Å²) in [5.41, 5.74) is 0. The molecule has 1 fully saturated rings. The molecule has 1 aliphatic heterocycles. The van der Waals surface area contributed by atoms with Crippen LogP contribution in [0.2, 0.25) is 0 Å². The number of hydrogen-bond donors (Lipinski definition) is 1. The Morgan fingerprint density at radius 3 is 2.75 bits per heavy atom. The van der Waals surface area contributed by atoms with E-state index in [1.807, 2.05) is 0 Å². The van der Waals surface area contributed by atoms with Crippen LogP contribution in [-0.4, -0.2) is 12.6 Å². The van der Waals surface area contributed by atoms with Crippen LogP contribution in [0.25, 0.3) is 0 Å². The van der Waals surface area contributed by atoms with Crippen molar-refractivity contribution in [1.82, 2.24) is 5.32 Å². The summed E-state index contributed by atoms with van der Waals surface area (Å²) in [7, 11) is 0. The lowest BCUT2D eigenvalue weighted by atomic mass is 10.1. The van der Waals surface area contributed by atoms with Crippen LogP contribution in [0.1, 0.15) is 13.8 Å². The number of nitrogens with one attached hydrogen (secondary N) is 1. The fourth-order valence-corrected chi connectivity index (χ4v) is 0.720. The van der Waals surface area contributed by atoms with E-state index in [4.69, 9.17) is 4.74 Å². The largest absolute Gasteiger partial charge is 0.357 e. The molecule has 0 saturated carbocycles. The molecule has 0 unspecified atom stereocenters. The molecule has 1 radical (unpaired) electrons. The Morgan fingerprint density at radius 2 is 2.50 bits per heavy atom. The van der Waals surface area contributed by atoms with Crippen molar-refractivity contribution in [2.75, 3.05) is 6.61 Å². The molecule has 2 nitrogen and oxygen atoms in total. The maximum absolute atomic E-state index is 4.98. The molecule has 0 bridgehead atoms. The lowest BCUT2D eigenvalue weighted by Crippen LogP contribution is -2.27. The monoisotopic (exact) mass is 114 g/mol. The van der Waals surface area contributed by atoms with Gasteiger partial charge in [-0.1, -0.05) is 13.8 Å². The molecule has 1 aliphatic rings. The van der Waals surface area contributed by atoms with Crippen LogP contribution in [0, 0.1) is 12.6 Å². The van der Waals surface area contributed by atoms with Gasteiger partial charge in [-0.2, -0.15) is 0 Å². The summed E-state index contributed by atoms with van der Waals surface area (Å²) in [5, 5.41) is 3.11. The molecule has 0 spiro atoms. The molecule has 1 saturated heterocycles. The van der Waals surface area contributed by atoms with Crippen LogP contribution < -0.4 is 5.32 Å². The summed E-state index contributed by atoms with van der Waals surface area (Å²) in [4.78, 5) is 0. The van der Waals surface area contributed by atoms with Crippen molar-refractivity contribution >= 4 is 0 Å². The first kappa shape index (κ1) is 6.05. The third kappa shape index (κ3) is 1.20. The Labute approximate surface area is 50.2 Å². The predicted molar refractivity (Wildman–Crippen MR) is 32.0 cm³/mol. The molecule has 1 rings (SSSR count). The summed E-state index contributed by atoms with van der Waals surface area (Å²) >= 11 is 0. The number of hydrogen-bond acceptors (Lipinski definition) is 2. The zero-order valence-corrected chi connectivity index (χ0v) is 5.35. The van der Waals surface area contributed by atoms with Crippen molar-refractivity contribution in [2.24, 2.45) is 5.92 Å². The smallest absolute Gasteiger partial charge is 0.148 e. The van der Waals surface area contributed by atoms with E-state index in [1.54, 1.807) is 6.73 Å². The van der Waals surface area contributed by atoms with E-state index < -0.39 is 0 Å². The van der Waals surface area contributed by atoms with Gasteiger partial charge in [0, 0.05) is 6.04 Å². The van der Waals surface area contributed by atoms with Gasteiger partial charge in [-0.05, 0) is 5.92 Å². The van der Waals surface area contributed by atoms with Crippen LogP contribution in [0.4, 0.5) is 0 Å². The summed E-state index contributed by atoms with van der Waals surface area (Å²) in [6.07, 6.45) is 0. The molecule has 0 aliphatic carbocycles. The van der Waals surface area contributed by atoms with Crippen LogP contribution in [0.15, 0.2) is 0 Å². The predicted octanol–water partition coefficient (Wildman–Crippen LogP) is 0.750. The summed E-state index contributed by atoms with van der Waals surface area (Å²) in [6, 6.07) is 0.537. The quantitative estimate of drug-likeness (QED) is 0.543. The highest BCUT2D eigenvalue weighted by Crippen LogP contribution is 2.07. The highest BCUT2D eigenvalue weighted by molar-refractivity contribution is 4.76. The molecule has 1 N–H and O–H groups in total. The Bertz CT molecular complexity index is 66.9. The summed E-state index contributed by atoms with van der Waals surface area (Å²) in [6.45, 7) is 6.86. The van der Waals surface area contributed by atoms with Gasteiger partial charge in [-0.15, -0.1) is 0 Å². The average Bonchev–Trinajstić information content (AvgIpc) is 2.12. The van der Waals surface area contributed by atoms with Crippen LogP contribution >= 0.6 is 0 Å². The molecule has 1 atom stereocenters. The van der Waals surface area contributed by atoms with Gasteiger partial charge in [0.1, 0.15) is 6.73 Å². The topological polar surface area (TPSA) is 21.3 Å². The minimum absolute atomic E-state index is 0.537. The number of rotatable bonds is 1. The minimum Gasteiger partial charge on any atom is -0.357 e. The highest BCUT2D eigenvalue weighted by atomic mass is 16.5. The second-order valence-corrected chi connectivity index (χ2v) is 2.47. The SMILES string of the molecule is CC(C)[C@@H]1CO[CH]N1. The normalized spacial score (nSPS) is 29.6. The van der Waals surface area contributed by atoms with Crippen molar-refractivity contribution < 1.29 is 4.74 Å². The van der Waals surface area contributed by atoms with Gasteiger partial charge in [0.05, 0.1) is 6.61 Å². The molecule has 8 heavy (non-hydrogen) atoms. The van der Waals surface area contributed by atoms with E-state index in [0.717, 1.165) is 6.61 Å². The third-order valence-corrected chi connectivity index (χ3v) is 1.45. The van der Waals surface area contributed by atoms with Crippen molar-refractivity contribution in [3.63, 3.8) is 0 Å². The van der Waals surface area contributed by atoms with Crippen LogP contribution in [0.5, 0.6) is 0 Å².